The topological polar surface area (TPSA) is 136 Å². The maximum absolute atomic E-state index is 13.9. The number of methoxy groups -OCH3 is 1. The molecule has 0 saturated carbocycles. The Balaban J connectivity index is 1.59. The van der Waals surface area contributed by atoms with Gasteiger partial charge in [0.2, 0.25) is 0 Å². The third-order valence-electron chi connectivity index (χ3n) is 5.17. The number of thiazole rings is 1. The minimum Gasteiger partial charge on any atom is -0.464 e. The van der Waals surface area contributed by atoms with E-state index in [0.717, 1.165) is 23.1 Å². The molecule has 0 saturated heterocycles. The first-order chi connectivity index (χ1) is 17.4. The molecule has 2 aromatic carbocycles. The number of benzene rings is 2. The molecule has 36 heavy (non-hydrogen) atoms. The van der Waals surface area contributed by atoms with Crippen molar-refractivity contribution in [1.29, 1.82) is 0 Å². The molecule has 11 heteroatoms. The van der Waals surface area contributed by atoms with Gasteiger partial charge in [-0.1, -0.05) is 18.2 Å². The van der Waals surface area contributed by atoms with Crippen LogP contribution in [0.25, 0.3) is 11.1 Å². The number of nitrogens with zero attached hydrogens (tertiary/aromatic N) is 2. The molecule has 0 aliphatic carbocycles. The van der Waals surface area contributed by atoms with Crippen LogP contribution >= 0.6 is 11.3 Å². The molecule has 0 unspecified atom stereocenters. The minimum absolute atomic E-state index is 0.00987. The highest BCUT2D eigenvalue weighted by Crippen LogP contribution is 2.27. The van der Waals surface area contributed by atoms with Crippen LogP contribution < -0.4 is 16.4 Å². The summed E-state index contributed by atoms with van der Waals surface area (Å²) < 4.78 is 18.5. The van der Waals surface area contributed by atoms with Gasteiger partial charge in [-0.05, 0) is 47.0 Å². The Kier molecular flexibility index (Phi) is 7.42. The summed E-state index contributed by atoms with van der Waals surface area (Å²) in [5, 5.41) is 6.92. The van der Waals surface area contributed by atoms with E-state index in [1.54, 1.807) is 42.5 Å². The molecular formula is C25H20FN5O4S. The Morgan fingerprint density at radius 3 is 2.58 bits per heavy atom. The molecule has 0 spiro atoms. The van der Waals surface area contributed by atoms with Gasteiger partial charge in [0.15, 0.2) is 16.6 Å². The van der Waals surface area contributed by atoms with E-state index >= 15 is 0 Å². The van der Waals surface area contributed by atoms with Gasteiger partial charge in [-0.25, -0.2) is 14.2 Å². The Hall–Kier alpha value is -4.48. The average molecular weight is 506 g/mol. The quantitative estimate of drug-likeness (QED) is 0.322. The number of aromatic nitrogens is 2. The minimum atomic E-state index is -0.651. The van der Waals surface area contributed by atoms with E-state index in [1.165, 1.54) is 24.8 Å². The molecule has 0 radical (unpaired) electrons. The fraction of sp³-hybridized carbons (Fsp3) is 0.0800. The smallest absolute Gasteiger partial charge is 0.357 e. The van der Waals surface area contributed by atoms with Crippen LogP contribution in [0.1, 0.15) is 36.8 Å². The van der Waals surface area contributed by atoms with Crippen molar-refractivity contribution in [3.8, 4) is 11.1 Å². The average Bonchev–Trinajstić information content (AvgIpc) is 3.37. The predicted octanol–water partition coefficient (Wildman–Crippen LogP) is 4.09. The maximum atomic E-state index is 13.9. The molecule has 0 bridgehead atoms. The Bertz CT molecular complexity index is 1460. The molecule has 4 aromatic rings. The summed E-state index contributed by atoms with van der Waals surface area (Å²) in [6.07, 6.45) is 2.39. The molecule has 182 valence electrons. The fourth-order valence-electron chi connectivity index (χ4n) is 3.36. The summed E-state index contributed by atoms with van der Waals surface area (Å²) >= 11 is 1.09. The summed E-state index contributed by atoms with van der Waals surface area (Å²) in [5.41, 5.74) is 8.70. The number of halogens is 1. The number of esters is 1. The van der Waals surface area contributed by atoms with Crippen molar-refractivity contribution in [1.82, 2.24) is 9.97 Å². The molecule has 2 heterocycles. The summed E-state index contributed by atoms with van der Waals surface area (Å²) in [6, 6.07) is 13.1. The Morgan fingerprint density at radius 1 is 1.06 bits per heavy atom. The lowest BCUT2D eigenvalue weighted by molar-refractivity contribution is 0.0594. The first-order valence-corrected chi connectivity index (χ1v) is 11.5. The van der Waals surface area contributed by atoms with E-state index in [1.807, 2.05) is 0 Å². The van der Waals surface area contributed by atoms with Crippen LogP contribution in [0, 0.1) is 5.82 Å². The van der Waals surface area contributed by atoms with Crippen molar-refractivity contribution < 1.29 is 23.5 Å². The van der Waals surface area contributed by atoms with Crippen LogP contribution in [-0.4, -0.2) is 34.9 Å². The largest absolute Gasteiger partial charge is 0.464 e. The number of carbonyl (C=O) groups is 3. The summed E-state index contributed by atoms with van der Waals surface area (Å²) in [6.45, 7) is 0.196. The van der Waals surface area contributed by atoms with E-state index < -0.39 is 23.6 Å². The highest BCUT2D eigenvalue weighted by molar-refractivity contribution is 7.14. The van der Waals surface area contributed by atoms with Gasteiger partial charge in [-0.3, -0.25) is 19.9 Å². The van der Waals surface area contributed by atoms with Crippen molar-refractivity contribution in [3.63, 3.8) is 0 Å². The number of hydrogen-bond acceptors (Lipinski definition) is 8. The lowest BCUT2D eigenvalue weighted by Gasteiger charge is -2.13. The van der Waals surface area contributed by atoms with E-state index in [2.05, 4.69) is 25.3 Å². The second-order valence-corrected chi connectivity index (χ2v) is 8.31. The third kappa shape index (κ3) is 5.43. The van der Waals surface area contributed by atoms with Crippen molar-refractivity contribution in [2.24, 2.45) is 5.73 Å². The van der Waals surface area contributed by atoms with Crippen molar-refractivity contribution in [2.45, 2.75) is 6.54 Å². The van der Waals surface area contributed by atoms with Crippen LogP contribution in [0.15, 0.2) is 66.3 Å². The molecule has 4 N–H and O–H groups in total. The number of nitrogens with one attached hydrogen (secondary N) is 2. The van der Waals surface area contributed by atoms with Gasteiger partial charge in [-0.15, -0.1) is 11.3 Å². The van der Waals surface area contributed by atoms with Gasteiger partial charge < -0.3 is 15.8 Å². The van der Waals surface area contributed by atoms with Gasteiger partial charge in [0.05, 0.1) is 19.0 Å². The van der Waals surface area contributed by atoms with Crippen molar-refractivity contribution >= 4 is 39.9 Å². The first kappa shape index (κ1) is 24.6. The number of anilines is 2. The molecule has 0 atom stereocenters. The molecule has 0 fully saturated rings. The highest BCUT2D eigenvalue weighted by atomic mass is 32.1. The first-order valence-electron chi connectivity index (χ1n) is 10.6. The number of rotatable bonds is 7. The molecule has 0 aliphatic rings. The monoisotopic (exact) mass is 505 g/mol. The standard InChI is InChI=1S/C25H20FN5O4S/c1-35-24(34)21-13-36-25(30-21)31-23(33)15-4-2-3-14(9-15)18-10-16(5-6-17(18)11-27)22(32)29-20-7-8-28-12-19(20)26/h2-10,12-13H,11,27H2,1H3,(H,28,29,32)(H,30,31,33). The molecule has 9 nitrogen and oxygen atoms in total. The van der Waals surface area contributed by atoms with Crippen LogP contribution in [-0.2, 0) is 11.3 Å². The van der Waals surface area contributed by atoms with Crippen LogP contribution in [0.5, 0.6) is 0 Å². The normalized spacial score (nSPS) is 10.5. The lowest BCUT2D eigenvalue weighted by atomic mass is 9.95. The molecule has 4 rings (SSSR count). The summed E-state index contributed by atoms with van der Waals surface area (Å²) in [7, 11) is 1.25. The zero-order valence-electron chi connectivity index (χ0n) is 18.9. The lowest BCUT2D eigenvalue weighted by Crippen LogP contribution is -2.14. The van der Waals surface area contributed by atoms with E-state index in [0.29, 0.717) is 16.7 Å². The van der Waals surface area contributed by atoms with E-state index in [-0.39, 0.29) is 28.6 Å². The SMILES string of the molecule is COC(=O)c1csc(NC(=O)c2cccc(-c3cc(C(=O)Nc4ccncc4F)ccc3CN)c2)n1. The van der Waals surface area contributed by atoms with Gasteiger partial charge in [0.1, 0.15) is 0 Å². The molecule has 2 amide bonds. The highest BCUT2D eigenvalue weighted by Gasteiger charge is 2.16. The summed E-state index contributed by atoms with van der Waals surface area (Å²) in [5.74, 6) is -2.19. The number of nitrogens with two attached hydrogens (primary N) is 1. The van der Waals surface area contributed by atoms with Gasteiger partial charge in [-0.2, -0.15) is 0 Å². The van der Waals surface area contributed by atoms with E-state index in [9.17, 15) is 18.8 Å². The van der Waals surface area contributed by atoms with Crippen molar-refractivity contribution in [2.75, 3.05) is 17.7 Å². The fourth-order valence-corrected chi connectivity index (χ4v) is 4.04. The van der Waals surface area contributed by atoms with Gasteiger partial charge in [0.25, 0.3) is 11.8 Å². The number of ether oxygens (including phenoxy) is 1. The van der Waals surface area contributed by atoms with Gasteiger partial charge in [0, 0.05) is 29.2 Å². The zero-order chi connectivity index (χ0) is 25.7. The van der Waals surface area contributed by atoms with Crippen LogP contribution in [0.4, 0.5) is 15.2 Å². The number of amides is 2. The zero-order valence-corrected chi connectivity index (χ0v) is 19.8. The molecule has 0 aliphatic heterocycles. The molecule has 2 aromatic heterocycles. The number of pyridine rings is 1. The molecular weight excluding hydrogens is 485 g/mol. The number of carbonyl (C=O) groups excluding carboxylic acids is 3. The second kappa shape index (κ2) is 10.8. The number of hydrogen-bond donors (Lipinski definition) is 3. The second-order valence-electron chi connectivity index (χ2n) is 7.45. The van der Waals surface area contributed by atoms with Gasteiger partial charge >= 0.3 is 5.97 Å². The predicted molar refractivity (Wildman–Crippen MR) is 133 cm³/mol. The summed E-state index contributed by atoms with van der Waals surface area (Å²) in [4.78, 5) is 44.9. The Morgan fingerprint density at radius 2 is 1.83 bits per heavy atom. The van der Waals surface area contributed by atoms with Crippen LogP contribution in [0.2, 0.25) is 0 Å². The van der Waals surface area contributed by atoms with Crippen LogP contribution in [0.3, 0.4) is 0 Å². The van der Waals surface area contributed by atoms with E-state index in [4.69, 9.17) is 5.73 Å². The maximum Gasteiger partial charge on any atom is 0.357 e. The third-order valence-corrected chi connectivity index (χ3v) is 5.93. The van der Waals surface area contributed by atoms with Crippen molar-refractivity contribution in [3.05, 3.63) is 94.5 Å². The Labute approximate surface area is 209 Å².